The molecule has 8 heteroatoms. The third kappa shape index (κ3) is 3.54. The first kappa shape index (κ1) is 14.0. The van der Waals surface area contributed by atoms with Gasteiger partial charge in [-0.25, -0.2) is 0 Å². The lowest BCUT2D eigenvalue weighted by Crippen LogP contribution is -2.45. The van der Waals surface area contributed by atoms with Crippen molar-refractivity contribution in [2.24, 2.45) is 0 Å². The molecule has 1 aliphatic rings. The van der Waals surface area contributed by atoms with Crippen LogP contribution in [0.25, 0.3) is 0 Å². The minimum absolute atomic E-state index is 0.0454. The number of carbonyl (C=O) groups is 2. The number of aromatic nitrogens is 2. The summed E-state index contributed by atoms with van der Waals surface area (Å²) >= 11 is 11.5. The van der Waals surface area contributed by atoms with Gasteiger partial charge in [0.25, 0.3) is 5.91 Å². The van der Waals surface area contributed by atoms with E-state index in [0.717, 1.165) is 12.8 Å². The summed E-state index contributed by atoms with van der Waals surface area (Å²) in [5, 5.41) is 12.5. The molecule has 102 valence electrons. The SMILES string of the molecule is O=C(NC1CCCCNC1=O)c1cc(Cl)nnc1Cl. The lowest BCUT2D eigenvalue weighted by molar-refractivity contribution is -0.122. The molecular formula is C11H12Cl2N4O2. The van der Waals surface area contributed by atoms with Gasteiger partial charge in [-0.2, -0.15) is 0 Å². The van der Waals surface area contributed by atoms with Crippen molar-refractivity contribution in [2.75, 3.05) is 6.54 Å². The van der Waals surface area contributed by atoms with Crippen molar-refractivity contribution in [2.45, 2.75) is 25.3 Å². The molecule has 19 heavy (non-hydrogen) atoms. The maximum absolute atomic E-state index is 12.0. The van der Waals surface area contributed by atoms with Gasteiger partial charge < -0.3 is 10.6 Å². The molecule has 2 rings (SSSR count). The van der Waals surface area contributed by atoms with E-state index in [1.807, 2.05) is 0 Å². The number of rotatable bonds is 2. The third-order valence-electron chi connectivity index (χ3n) is 2.80. The Kier molecular flexibility index (Phi) is 4.55. The molecular weight excluding hydrogens is 291 g/mol. The molecule has 0 aliphatic carbocycles. The first-order valence-electron chi connectivity index (χ1n) is 5.85. The lowest BCUT2D eigenvalue weighted by Gasteiger charge is -2.15. The monoisotopic (exact) mass is 302 g/mol. The fraction of sp³-hybridized carbons (Fsp3) is 0.455. The van der Waals surface area contributed by atoms with Gasteiger partial charge in [0, 0.05) is 6.54 Å². The Balaban J connectivity index is 2.11. The van der Waals surface area contributed by atoms with Crippen LogP contribution < -0.4 is 10.6 Å². The quantitative estimate of drug-likeness (QED) is 0.859. The second-order valence-corrected chi connectivity index (χ2v) is 4.93. The molecule has 0 spiro atoms. The van der Waals surface area contributed by atoms with Crippen LogP contribution in [0.15, 0.2) is 6.07 Å². The number of hydrogen-bond donors (Lipinski definition) is 2. The van der Waals surface area contributed by atoms with Gasteiger partial charge in [-0.15, -0.1) is 10.2 Å². The molecule has 0 saturated carbocycles. The average molecular weight is 303 g/mol. The molecule has 1 saturated heterocycles. The summed E-state index contributed by atoms with van der Waals surface area (Å²) < 4.78 is 0. The van der Waals surface area contributed by atoms with E-state index in [2.05, 4.69) is 20.8 Å². The normalized spacial score (nSPS) is 19.5. The van der Waals surface area contributed by atoms with E-state index in [4.69, 9.17) is 23.2 Å². The number of hydrogen-bond acceptors (Lipinski definition) is 4. The van der Waals surface area contributed by atoms with Gasteiger partial charge in [-0.3, -0.25) is 9.59 Å². The third-order valence-corrected chi connectivity index (χ3v) is 3.27. The van der Waals surface area contributed by atoms with Crippen LogP contribution in [-0.2, 0) is 4.79 Å². The molecule has 1 aromatic rings. The summed E-state index contributed by atoms with van der Waals surface area (Å²) in [6.45, 7) is 0.634. The van der Waals surface area contributed by atoms with Crippen LogP contribution in [0.1, 0.15) is 29.6 Å². The smallest absolute Gasteiger partial charge is 0.255 e. The van der Waals surface area contributed by atoms with Gasteiger partial charge in [0.1, 0.15) is 6.04 Å². The molecule has 0 radical (unpaired) electrons. The molecule has 2 heterocycles. The highest BCUT2D eigenvalue weighted by Gasteiger charge is 2.24. The van der Waals surface area contributed by atoms with E-state index in [1.54, 1.807) is 0 Å². The average Bonchev–Trinajstić information content (AvgIpc) is 2.58. The first-order chi connectivity index (χ1) is 9.08. The van der Waals surface area contributed by atoms with E-state index in [1.165, 1.54) is 6.07 Å². The second kappa shape index (κ2) is 6.16. The number of halogens is 2. The second-order valence-electron chi connectivity index (χ2n) is 4.18. The van der Waals surface area contributed by atoms with E-state index in [9.17, 15) is 9.59 Å². The van der Waals surface area contributed by atoms with E-state index < -0.39 is 11.9 Å². The Morgan fingerprint density at radius 3 is 2.95 bits per heavy atom. The van der Waals surface area contributed by atoms with E-state index in [0.29, 0.717) is 13.0 Å². The van der Waals surface area contributed by atoms with Crippen LogP contribution >= 0.6 is 23.2 Å². The summed E-state index contributed by atoms with van der Waals surface area (Å²) in [5.74, 6) is -0.668. The van der Waals surface area contributed by atoms with Crippen molar-refractivity contribution in [1.82, 2.24) is 20.8 Å². The predicted molar refractivity (Wildman–Crippen MR) is 70.2 cm³/mol. The minimum atomic E-state index is -0.557. The highest BCUT2D eigenvalue weighted by atomic mass is 35.5. The Morgan fingerprint density at radius 1 is 1.37 bits per heavy atom. The number of nitrogens with zero attached hydrogens (tertiary/aromatic N) is 2. The van der Waals surface area contributed by atoms with Crippen LogP contribution in [0, 0.1) is 0 Å². The van der Waals surface area contributed by atoms with Gasteiger partial charge in [0.2, 0.25) is 5.91 Å². The summed E-state index contributed by atoms with van der Waals surface area (Å²) in [6.07, 6.45) is 2.37. The zero-order chi connectivity index (χ0) is 13.8. The zero-order valence-corrected chi connectivity index (χ0v) is 11.5. The summed E-state index contributed by atoms with van der Waals surface area (Å²) in [5.41, 5.74) is 0.110. The van der Waals surface area contributed by atoms with E-state index in [-0.39, 0.29) is 21.8 Å². The standard InChI is InChI=1S/C11H12Cl2N4O2/c12-8-5-6(9(13)17-16-8)10(18)15-7-3-1-2-4-14-11(7)19/h5,7H,1-4H2,(H,14,19)(H,15,18). The molecule has 2 amide bonds. The molecule has 2 N–H and O–H groups in total. The van der Waals surface area contributed by atoms with Crippen molar-refractivity contribution >= 4 is 35.0 Å². The van der Waals surface area contributed by atoms with Crippen molar-refractivity contribution < 1.29 is 9.59 Å². The Morgan fingerprint density at radius 2 is 2.16 bits per heavy atom. The van der Waals surface area contributed by atoms with Crippen molar-refractivity contribution in [3.63, 3.8) is 0 Å². The number of amides is 2. The molecule has 1 atom stereocenters. The maximum atomic E-state index is 12.0. The topological polar surface area (TPSA) is 84.0 Å². The Bertz CT molecular complexity index is 509. The number of nitrogens with one attached hydrogen (secondary N) is 2. The summed E-state index contributed by atoms with van der Waals surface area (Å²) in [4.78, 5) is 23.8. The van der Waals surface area contributed by atoms with Crippen LogP contribution in [0.4, 0.5) is 0 Å². The highest BCUT2D eigenvalue weighted by Crippen LogP contribution is 2.16. The van der Waals surface area contributed by atoms with Crippen LogP contribution in [0.2, 0.25) is 10.3 Å². The molecule has 1 aromatic heterocycles. The fourth-order valence-corrected chi connectivity index (χ4v) is 2.15. The largest absolute Gasteiger partial charge is 0.354 e. The van der Waals surface area contributed by atoms with Crippen LogP contribution in [-0.4, -0.2) is 34.6 Å². The number of carbonyl (C=O) groups excluding carboxylic acids is 2. The molecule has 1 unspecified atom stereocenters. The van der Waals surface area contributed by atoms with Gasteiger partial charge in [-0.1, -0.05) is 23.2 Å². The molecule has 1 aliphatic heterocycles. The highest BCUT2D eigenvalue weighted by molar-refractivity contribution is 6.34. The molecule has 0 bridgehead atoms. The van der Waals surface area contributed by atoms with Crippen molar-refractivity contribution in [3.05, 3.63) is 21.9 Å². The lowest BCUT2D eigenvalue weighted by atomic mass is 10.1. The molecule has 6 nitrogen and oxygen atoms in total. The van der Waals surface area contributed by atoms with Gasteiger partial charge in [-0.05, 0) is 25.3 Å². The van der Waals surface area contributed by atoms with Crippen LogP contribution in [0.5, 0.6) is 0 Å². The Hall–Kier alpha value is -1.40. The predicted octanol–water partition coefficient (Wildman–Crippen LogP) is 1.18. The molecule has 0 aromatic carbocycles. The first-order valence-corrected chi connectivity index (χ1v) is 6.61. The van der Waals surface area contributed by atoms with Crippen molar-refractivity contribution in [1.29, 1.82) is 0 Å². The van der Waals surface area contributed by atoms with Gasteiger partial charge in [0.15, 0.2) is 10.3 Å². The van der Waals surface area contributed by atoms with Gasteiger partial charge >= 0.3 is 0 Å². The minimum Gasteiger partial charge on any atom is -0.354 e. The zero-order valence-electron chi connectivity index (χ0n) is 9.95. The fourth-order valence-electron chi connectivity index (χ4n) is 1.83. The van der Waals surface area contributed by atoms with E-state index >= 15 is 0 Å². The molecule has 1 fully saturated rings. The van der Waals surface area contributed by atoms with Crippen molar-refractivity contribution in [3.8, 4) is 0 Å². The summed E-state index contributed by atoms with van der Waals surface area (Å²) in [6, 6.07) is 0.763. The maximum Gasteiger partial charge on any atom is 0.255 e. The van der Waals surface area contributed by atoms with Gasteiger partial charge in [0.05, 0.1) is 5.56 Å². The van der Waals surface area contributed by atoms with Crippen LogP contribution in [0.3, 0.4) is 0 Å². The Labute approximate surface area is 119 Å². The summed E-state index contributed by atoms with van der Waals surface area (Å²) in [7, 11) is 0.